The van der Waals surface area contributed by atoms with Gasteiger partial charge in [-0.25, -0.2) is 0 Å². The van der Waals surface area contributed by atoms with Crippen LogP contribution in [0.1, 0.15) is 39.2 Å². The predicted molar refractivity (Wildman–Crippen MR) is 99.8 cm³/mol. The van der Waals surface area contributed by atoms with Gasteiger partial charge >= 0.3 is 17.9 Å². The van der Waals surface area contributed by atoms with E-state index in [0.29, 0.717) is 6.54 Å². The van der Waals surface area contributed by atoms with Crippen LogP contribution in [0, 0.1) is 0 Å². The molecule has 0 spiro atoms. The molecule has 0 saturated carbocycles. The summed E-state index contributed by atoms with van der Waals surface area (Å²) in [6, 6.07) is 8.73. The van der Waals surface area contributed by atoms with Crippen LogP contribution in [-0.2, 0) is 35.1 Å². The first-order chi connectivity index (χ1) is 13.0. The number of ether oxygens (including phenoxy) is 3. The van der Waals surface area contributed by atoms with Gasteiger partial charge in [0.25, 0.3) is 0 Å². The van der Waals surface area contributed by atoms with Crippen molar-refractivity contribution >= 4 is 17.9 Å². The molecule has 0 aliphatic heterocycles. The zero-order valence-electron chi connectivity index (χ0n) is 16.3. The third kappa shape index (κ3) is 8.68. The molecule has 0 aliphatic carbocycles. The van der Waals surface area contributed by atoms with Crippen LogP contribution in [0.2, 0.25) is 0 Å². The van der Waals surface area contributed by atoms with E-state index in [2.05, 4.69) is 0 Å². The van der Waals surface area contributed by atoms with Gasteiger partial charge in [0.2, 0.25) is 0 Å². The Morgan fingerprint density at radius 3 is 2.07 bits per heavy atom. The maximum absolute atomic E-state index is 12.5. The van der Waals surface area contributed by atoms with Gasteiger partial charge in [0, 0.05) is 13.0 Å². The van der Waals surface area contributed by atoms with Gasteiger partial charge in [-0.1, -0.05) is 30.3 Å². The molecule has 1 aromatic rings. The Morgan fingerprint density at radius 1 is 0.889 bits per heavy atom. The molecule has 7 nitrogen and oxygen atoms in total. The van der Waals surface area contributed by atoms with Crippen molar-refractivity contribution in [3.63, 3.8) is 0 Å². The fourth-order valence-electron chi connectivity index (χ4n) is 2.64. The van der Waals surface area contributed by atoms with E-state index >= 15 is 0 Å². The highest BCUT2D eigenvalue weighted by Crippen LogP contribution is 2.15. The third-order valence-corrected chi connectivity index (χ3v) is 3.79. The molecule has 7 heteroatoms. The van der Waals surface area contributed by atoms with Crippen molar-refractivity contribution in [2.45, 2.75) is 46.2 Å². The minimum absolute atomic E-state index is 0.0609. The summed E-state index contributed by atoms with van der Waals surface area (Å²) < 4.78 is 15.2. The number of benzene rings is 1. The van der Waals surface area contributed by atoms with E-state index in [4.69, 9.17) is 14.2 Å². The maximum Gasteiger partial charge on any atom is 0.323 e. The lowest BCUT2D eigenvalue weighted by Crippen LogP contribution is -2.45. The van der Waals surface area contributed by atoms with Crippen LogP contribution in [-0.4, -0.2) is 55.2 Å². The topological polar surface area (TPSA) is 82.1 Å². The first-order valence-electron chi connectivity index (χ1n) is 9.27. The monoisotopic (exact) mass is 379 g/mol. The van der Waals surface area contributed by atoms with Gasteiger partial charge in [-0.3, -0.25) is 19.3 Å². The van der Waals surface area contributed by atoms with E-state index < -0.39 is 18.0 Å². The fraction of sp³-hybridized carbons (Fsp3) is 0.550. The van der Waals surface area contributed by atoms with Crippen LogP contribution < -0.4 is 0 Å². The summed E-state index contributed by atoms with van der Waals surface area (Å²) >= 11 is 0. The second-order valence-corrected chi connectivity index (χ2v) is 5.81. The Balaban J connectivity index is 2.99. The summed E-state index contributed by atoms with van der Waals surface area (Å²) in [6.45, 7) is 6.19. The molecule has 150 valence electrons. The normalized spacial score (nSPS) is 11.7. The molecule has 1 atom stereocenters. The predicted octanol–water partition coefficient (Wildman–Crippen LogP) is 2.33. The Hall–Kier alpha value is -2.41. The summed E-state index contributed by atoms with van der Waals surface area (Å²) in [5.41, 5.74) is 0.937. The van der Waals surface area contributed by atoms with E-state index in [1.807, 2.05) is 30.3 Å². The largest absolute Gasteiger partial charge is 0.466 e. The Bertz CT molecular complexity index is 589. The first-order valence-corrected chi connectivity index (χ1v) is 9.27. The molecule has 0 heterocycles. The Labute approximate surface area is 160 Å². The summed E-state index contributed by atoms with van der Waals surface area (Å²) in [4.78, 5) is 38.0. The molecule has 1 aromatic carbocycles. The molecule has 0 aromatic heterocycles. The molecule has 0 saturated heterocycles. The van der Waals surface area contributed by atoms with Gasteiger partial charge < -0.3 is 14.2 Å². The molecule has 0 N–H and O–H groups in total. The van der Waals surface area contributed by atoms with Gasteiger partial charge in [-0.15, -0.1) is 0 Å². The minimum atomic E-state index is -0.751. The summed E-state index contributed by atoms with van der Waals surface area (Å²) in [6.07, 6.45) is 0.259. The number of carbonyl (C=O) groups is 3. The zero-order chi connectivity index (χ0) is 20.1. The van der Waals surface area contributed by atoms with Gasteiger partial charge in [-0.2, -0.15) is 0 Å². The second kappa shape index (κ2) is 12.9. The number of esters is 3. The van der Waals surface area contributed by atoms with Gasteiger partial charge in [0.05, 0.1) is 26.4 Å². The number of nitrogens with zero attached hydrogens (tertiary/aromatic N) is 1. The Kier molecular flexibility index (Phi) is 10.8. The lowest BCUT2D eigenvalue weighted by atomic mass is 10.1. The molecule has 0 amide bonds. The van der Waals surface area contributed by atoms with Crippen molar-refractivity contribution in [2.24, 2.45) is 0 Å². The highest BCUT2D eigenvalue weighted by Gasteiger charge is 2.30. The second-order valence-electron chi connectivity index (χ2n) is 5.81. The van der Waals surface area contributed by atoms with Gasteiger partial charge in [-0.05, 0) is 32.8 Å². The lowest BCUT2D eigenvalue weighted by molar-refractivity contribution is -0.154. The van der Waals surface area contributed by atoms with E-state index in [-0.39, 0.29) is 45.2 Å². The first kappa shape index (κ1) is 22.6. The van der Waals surface area contributed by atoms with Crippen molar-refractivity contribution in [3.05, 3.63) is 35.9 Å². The SMILES string of the molecule is CCOC(=O)CC[C@@H](C(=O)OCC)N(CC(=O)OCC)Cc1ccccc1. The number of carbonyl (C=O) groups excluding carboxylic acids is 3. The van der Waals surface area contributed by atoms with Gasteiger partial charge in [0.15, 0.2) is 0 Å². The molecule has 1 rings (SSSR count). The van der Waals surface area contributed by atoms with Crippen LogP contribution in [0.5, 0.6) is 0 Å². The molecule has 0 bridgehead atoms. The van der Waals surface area contributed by atoms with Crippen LogP contribution >= 0.6 is 0 Å². The highest BCUT2D eigenvalue weighted by molar-refractivity contribution is 5.79. The van der Waals surface area contributed by atoms with Crippen LogP contribution in [0.3, 0.4) is 0 Å². The molecule has 0 fully saturated rings. The summed E-state index contributed by atoms with van der Waals surface area (Å²) in [5, 5.41) is 0. The van der Waals surface area contributed by atoms with Crippen LogP contribution in [0.4, 0.5) is 0 Å². The third-order valence-electron chi connectivity index (χ3n) is 3.79. The molecule has 0 unspecified atom stereocenters. The fourth-order valence-corrected chi connectivity index (χ4v) is 2.64. The summed E-state index contributed by atoms with van der Waals surface area (Å²) in [7, 11) is 0. The van der Waals surface area contributed by atoms with Crippen LogP contribution in [0.15, 0.2) is 30.3 Å². The number of hydrogen-bond donors (Lipinski definition) is 0. The number of hydrogen-bond acceptors (Lipinski definition) is 7. The van der Waals surface area contributed by atoms with E-state index in [9.17, 15) is 14.4 Å². The van der Waals surface area contributed by atoms with Crippen molar-refractivity contribution in [1.29, 1.82) is 0 Å². The van der Waals surface area contributed by atoms with Crippen LogP contribution in [0.25, 0.3) is 0 Å². The molecular weight excluding hydrogens is 350 g/mol. The molecular formula is C20H29NO6. The smallest absolute Gasteiger partial charge is 0.323 e. The van der Waals surface area contributed by atoms with Crippen molar-refractivity contribution in [3.8, 4) is 0 Å². The van der Waals surface area contributed by atoms with Crippen molar-refractivity contribution in [1.82, 2.24) is 4.90 Å². The van der Waals surface area contributed by atoms with E-state index in [1.54, 1.807) is 25.7 Å². The zero-order valence-corrected chi connectivity index (χ0v) is 16.3. The lowest BCUT2D eigenvalue weighted by Gasteiger charge is -2.29. The Morgan fingerprint density at radius 2 is 1.48 bits per heavy atom. The average molecular weight is 379 g/mol. The van der Waals surface area contributed by atoms with E-state index in [1.165, 1.54) is 0 Å². The molecule has 0 radical (unpaired) electrons. The van der Waals surface area contributed by atoms with Crippen molar-refractivity contribution < 1.29 is 28.6 Å². The standard InChI is InChI=1S/C20H29NO6/c1-4-25-18(22)13-12-17(20(24)27-6-3)21(15-19(23)26-5-2)14-16-10-8-7-9-11-16/h7-11,17H,4-6,12-15H2,1-3H3/t17-/m0/s1. The maximum atomic E-state index is 12.5. The molecule has 27 heavy (non-hydrogen) atoms. The highest BCUT2D eigenvalue weighted by atomic mass is 16.5. The average Bonchev–Trinajstić information content (AvgIpc) is 2.63. The number of rotatable bonds is 12. The molecule has 0 aliphatic rings. The van der Waals surface area contributed by atoms with Crippen molar-refractivity contribution in [2.75, 3.05) is 26.4 Å². The summed E-state index contributed by atoms with van der Waals surface area (Å²) in [5.74, 6) is -1.29. The minimum Gasteiger partial charge on any atom is -0.466 e. The van der Waals surface area contributed by atoms with Gasteiger partial charge in [0.1, 0.15) is 6.04 Å². The quantitative estimate of drug-likeness (QED) is 0.407. The van der Waals surface area contributed by atoms with E-state index in [0.717, 1.165) is 5.56 Å².